The third-order valence-corrected chi connectivity index (χ3v) is 7.35. The van der Waals surface area contributed by atoms with Gasteiger partial charge in [0.25, 0.3) is 11.6 Å². The monoisotopic (exact) mass is 286 g/mol. The number of rotatable bonds is 4. The highest BCUT2D eigenvalue weighted by atomic mass is 32.3. The molecule has 1 saturated heterocycles. The van der Waals surface area contributed by atoms with E-state index in [0.717, 1.165) is 0 Å². The first kappa shape index (κ1) is 14.3. The van der Waals surface area contributed by atoms with E-state index in [0.29, 0.717) is 0 Å². The molecule has 0 radical (unpaired) electrons. The van der Waals surface area contributed by atoms with Crippen LogP contribution in [0.25, 0.3) is 0 Å². The average Bonchev–Trinajstić information content (AvgIpc) is 2.43. The van der Waals surface area contributed by atoms with Crippen LogP contribution in [0.15, 0.2) is 0 Å². The zero-order valence-corrected chi connectivity index (χ0v) is 9.94. The van der Waals surface area contributed by atoms with Crippen LogP contribution in [0.4, 0.5) is 0 Å². The van der Waals surface area contributed by atoms with E-state index in [2.05, 4.69) is 0 Å². The Morgan fingerprint density at radius 3 is 2.00 bits per heavy atom. The van der Waals surface area contributed by atoms with Gasteiger partial charge in [0.1, 0.15) is 10.3 Å². The van der Waals surface area contributed by atoms with Crippen molar-refractivity contribution in [2.45, 2.75) is 5.25 Å². The first-order valence-electron chi connectivity index (χ1n) is 4.17. The molecule has 1 aliphatic rings. The zero-order chi connectivity index (χ0) is 13.4. The lowest BCUT2D eigenvalue weighted by Crippen LogP contribution is -2.37. The lowest BCUT2D eigenvalue weighted by Gasteiger charge is -2.32. The van der Waals surface area contributed by atoms with E-state index in [1.807, 2.05) is 0 Å². The maximum Gasteiger partial charge on any atom is 0.273 e. The van der Waals surface area contributed by atoms with Crippen molar-refractivity contribution in [2.75, 3.05) is 10.8 Å². The van der Waals surface area contributed by atoms with Crippen LogP contribution in [0, 0.1) is 0 Å². The number of Topliss-reactive ketones (excluding diaryl/α,β-unsaturated/α-hetero) is 3. The van der Waals surface area contributed by atoms with E-state index in [-0.39, 0.29) is 6.29 Å². The molecule has 8 nitrogen and oxygen atoms in total. The summed E-state index contributed by atoms with van der Waals surface area (Å²) in [6, 6.07) is 0. The second-order valence-electron chi connectivity index (χ2n) is 3.47. The van der Waals surface area contributed by atoms with Gasteiger partial charge in [-0.3, -0.25) is 37.4 Å². The Morgan fingerprint density at radius 2 is 1.65 bits per heavy atom. The van der Waals surface area contributed by atoms with E-state index in [1.54, 1.807) is 0 Å². The van der Waals surface area contributed by atoms with Gasteiger partial charge < -0.3 is 0 Å². The van der Waals surface area contributed by atoms with Crippen molar-refractivity contribution in [3.05, 3.63) is 0 Å². The number of carbonyl (C=O) groups excluding carboxylic acids is 4. The van der Waals surface area contributed by atoms with Gasteiger partial charge in [-0.05, 0) is 0 Å². The van der Waals surface area contributed by atoms with Crippen LogP contribution < -0.4 is 0 Å². The fourth-order valence-electron chi connectivity index (χ4n) is 1.33. The highest BCUT2D eigenvalue weighted by Gasteiger charge is 2.48. The summed E-state index contributed by atoms with van der Waals surface area (Å²) in [5.74, 6) is -5.44. The maximum absolute atomic E-state index is 11.4. The molecule has 1 atom stereocenters. The van der Waals surface area contributed by atoms with Gasteiger partial charge in [-0.25, -0.2) is 0 Å². The molecule has 98 valence electrons. The lowest BCUT2D eigenvalue weighted by atomic mass is 10.1. The second kappa shape index (κ2) is 4.48. The first-order chi connectivity index (χ1) is 7.60. The molecule has 1 fully saturated rings. The van der Waals surface area contributed by atoms with Gasteiger partial charge in [0.05, 0.1) is 5.75 Å². The van der Waals surface area contributed by atoms with Gasteiger partial charge in [0.2, 0.25) is 5.78 Å². The lowest BCUT2D eigenvalue weighted by molar-refractivity contribution is -0.145. The maximum atomic E-state index is 11.4. The predicted molar refractivity (Wildman–Crippen MR) is 60.3 cm³/mol. The molecule has 1 rings (SSSR count). The number of hydrogen-bond acceptors (Lipinski definition) is 8. The highest BCUT2D eigenvalue weighted by Crippen LogP contribution is 2.65. The molecule has 1 heterocycles. The topological polar surface area (TPSA) is 149 Å². The van der Waals surface area contributed by atoms with Crippen LogP contribution in [0.3, 0.4) is 0 Å². The summed E-state index contributed by atoms with van der Waals surface area (Å²) in [6.07, 6.45) is -0.362. The average molecular weight is 286 g/mol. The van der Waals surface area contributed by atoms with Crippen molar-refractivity contribution < 1.29 is 37.4 Å². The van der Waals surface area contributed by atoms with Gasteiger partial charge in [0.15, 0.2) is 6.29 Å². The van der Waals surface area contributed by atoms with Crippen LogP contribution in [0.5, 0.6) is 0 Å². The van der Waals surface area contributed by atoms with Crippen molar-refractivity contribution in [1.82, 2.24) is 0 Å². The molecule has 0 spiro atoms. The predicted octanol–water partition coefficient (Wildman–Crippen LogP) is -0.266. The van der Waals surface area contributed by atoms with E-state index < -0.39 is 54.6 Å². The van der Waals surface area contributed by atoms with Gasteiger partial charge in [-0.2, -0.15) is 21.2 Å². The summed E-state index contributed by atoms with van der Waals surface area (Å²) in [5, 5.41) is -2.53. The molecule has 10 heteroatoms. The normalized spacial score (nSPS) is 29.1. The summed E-state index contributed by atoms with van der Waals surface area (Å²) >= 11 is 0. The Hall–Kier alpha value is -0.780. The third-order valence-electron chi connectivity index (χ3n) is 2.08. The molecule has 4 N–H and O–H groups in total. The van der Waals surface area contributed by atoms with Crippen LogP contribution in [0.1, 0.15) is 0 Å². The minimum atomic E-state index is -3.68. The summed E-state index contributed by atoms with van der Waals surface area (Å²) in [5.41, 5.74) is 0. The quantitative estimate of drug-likeness (QED) is 0.313. The number of aldehydes is 1. The molecular weight excluding hydrogens is 276 g/mol. The smallest absolute Gasteiger partial charge is 0.273 e. The van der Waals surface area contributed by atoms with E-state index in [9.17, 15) is 37.4 Å². The second-order valence-corrected chi connectivity index (χ2v) is 8.35. The van der Waals surface area contributed by atoms with Crippen molar-refractivity contribution >= 4 is 44.8 Å². The van der Waals surface area contributed by atoms with E-state index >= 15 is 0 Å². The van der Waals surface area contributed by atoms with Gasteiger partial charge in [-0.1, -0.05) is 0 Å². The largest absolute Gasteiger partial charge is 0.298 e. The van der Waals surface area contributed by atoms with Crippen molar-refractivity contribution in [2.24, 2.45) is 0 Å². The summed E-state index contributed by atoms with van der Waals surface area (Å²) in [4.78, 5) is 43.2. The summed E-state index contributed by atoms with van der Waals surface area (Å²) < 4.78 is 37.4. The summed E-state index contributed by atoms with van der Waals surface area (Å²) in [6.45, 7) is 0. The van der Waals surface area contributed by atoms with Crippen LogP contribution in [-0.2, 0) is 19.2 Å². The molecule has 0 aromatic heterocycles. The van der Waals surface area contributed by atoms with Crippen LogP contribution in [0.2, 0.25) is 0 Å². The Labute approximate surface area is 98.7 Å². The van der Waals surface area contributed by atoms with Gasteiger partial charge in [-0.15, -0.1) is 0 Å². The number of ketones is 3. The Morgan fingerprint density at radius 1 is 1.12 bits per heavy atom. The standard InChI is InChI=1S/C7H10O8S2/c8-1-4(9)6(10)7(11)5-2-16(12,13)3-17(5,14)15/h1,5,12-15H,2-3H2. The minimum Gasteiger partial charge on any atom is -0.298 e. The molecule has 0 saturated carbocycles. The van der Waals surface area contributed by atoms with Gasteiger partial charge >= 0.3 is 0 Å². The van der Waals surface area contributed by atoms with E-state index in [1.165, 1.54) is 0 Å². The van der Waals surface area contributed by atoms with Crippen molar-refractivity contribution in [1.29, 1.82) is 0 Å². The molecule has 0 aromatic rings. The zero-order valence-electron chi connectivity index (χ0n) is 8.31. The fourth-order valence-corrected chi connectivity index (χ4v) is 7.20. The molecule has 0 bridgehead atoms. The SMILES string of the molecule is O=CC(=O)C(=O)C(=O)C1CS(O)(O)CS1(O)O. The highest BCUT2D eigenvalue weighted by molar-refractivity contribution is 8.43. The molecule has 0 aliphatic carbocycles. The number of carbonyl (C=O) groups is 4. The van der Waals surface area contributed by atoms with Crippen LogP contribution >= 0.6 is 21.2 Å². The Kier molecular flexibility index (Phi) is 3.76. The summed E-state index contributed by atoms with van der Waals surface area (Å²) in [7, 11) is -7.03. The fraction of sp³-hybridized carbons (Fsp3) is 0.429. The van der Waals surface area contributed by atoms with Crippen molar-refractivity contribution in [3.63, 3.8) is 0 Å². The first-order valence-corrected chi connectivity index (χ1v) is 7.83. The minimum absolute atomic E-state index is 0.362. The van der Waals surface area contributed by atoms with Crippen molar-refractivity contribution in [3.8, 4) is 0 Å². The van der Waals surface area contributed by atoms with E-state index in [4.69, 9.17) is 0 Å². The Balaban J connectivity index is 2.94. The van der Waals surface area contributed by atoms with Gasteiger partial charge in [0, 0.05) is 0 Å². The van der Waals surface area contributed by atoms with Crippen LogP contribution in [-0.4, -0.2) is 57.9 Å². The molecule has 1 aliphatic heterocycles. The molecule has 0 aromatic carbocycles. The number of hydrogen-bond donors (Lipinski definition) is 4. The molecular formula is C7H10O8S2. The third kappa shape index (κ3) is 2.91. The molecule has 17 heavy (non-hydrogen) atoms. The molecule has 1 unspecified atom stereocenters. The Bertz CT molecular complexity index is 401. The molecule has 0 amide bonds.